The summed E-state index contributed by atoms with van der Waals surface area (Å²) in [5.74, 6) is 0.0286. The zero-order chi connectivity index (χ0) is 12.8. The van der Waals surface area contributed by atoms with Crippen LogP contribution in [0, 0.1) is 0 Å². The van der Waals surface area contributed by atoms with Crippen LogP contribution in [0.25, 0.3) is 0 Å². The van der Waals surface area contributed by atoms with E-state index >= 15 is 0 Å². The summed E-state index contributed by atoms with van der Waals surface area (Å²) in [6, 6.07) is 3.99. The minimum Gasteiger partial charge on any atom is -0.353 e. The summed E-state index contributed by atoms with van der Waals surface area (Å²) in [5.41, 5.74) is 1.13. The van der Waals surface area contributed by atoms with Gasteiger partial charge in [-0.1, -0.05) is 0 Å². The predicted octanol–water partition coefficient (Wildman–Crippen LogP) is 1.65. The second-order valence-corrected chi connectivity index (χ2v) is 4.55. The topological polar surface area (TPSA) is 54.0 Å². The van der Waals surface area contributed by atoms with E-state index in [1.165, 1.54) is 0 Å². The lowest BCUT2D eigenvalue weighted by Gasteiger charge is -2.20. The van der Waals surface area contributed by atoms with Crippen LogP contribution in [0.5, 0.6) is 0 Å². The molecule has 0 aliphatic heterocycles. The molecular weight excluding hydrogens is 214 g/mol. The number of aromatic nitrogens is 1. The van der Waals surface area contributed by atoms with Gasteiger partial charge < -0.3 is 5.32 Å². The van der Waals surface area contributed by atoms with Gasteiger partial charge in [-0.2, -0.15) is 0 Å². The first-order chi connectivity index (χ1) is 8.00. The van der Waals surface area contributed by atoms with E-state index in [0.717, 1.165) is 5.56 Å². The Morgan fingerprint density at radius 1 is 1.18 bits per heavy atom. The van der Waals surface area contributed by atoms with Crippen LogP contribution < -0.4 is 10.6 Å². The Morgan fingerprint density at radius 3 is 2.29 bits per heavy atom. The molecule has 0 saturated heterocycles. The first kappa shape index (κ1) is 13.6. The molecule has 4 heteroatoms. The molecule has 0 fully saturated rings. The van der Waals surface area contributed by atoms with E-state index in [4.69, 9.17) is 0 Å². The summed E-state index contributed by atoms with van der Waals surface area (Å²) in [7, 11) is 0. The van der Waals surface area contributed by atoms with Crippen LogP contribution in [0.15, 0.2) is 24.5 Å². The molecule has 0 radical (unpaired) electrons. The van der Waals surface area contributed by atoms with Crippen LogP contribution in [-0.2, 0) is 4.79 Å². The van der Waals surface area contributed by atoms with Gasteiger partial charge in [0.25, 0.3) is 0 Å². The maximum atomic E-state index is 11.7. The molecule has 2 N–H and O–H groups in total. The molecule has 1 aromatic heterocycles. The van der Waals surface area contributed by atoms with Gasteiger partial charge >= 0.3 is 0 Å². The molecule has 1 amide bonds. The highest BCUT2D eigenvalue weighted by Gasteiger charge is 2.16. The fourth-order valence-electron chi connectivity index (χ4n) is 1.61. The minimum absolute atomic E-state index is 0.0286. The second kappa shape index (κ2) is 6.35. The third-order valence-corrected chi connectivity index (χ3v) is 2.53. The van der Waals surface area contributed by atoms with Crippen molar-refractivity contribution < 1.29 is 4.79 Å². The monoisotopic (exact) mass is 235 g/mol. The summed E-state index contributed by atoms with van der Waals surface area (Å²) in [6.45, 7) is 7.82. The highest BCUT2D eigenvalue weighted by Crippen LogP contribution is 2.10. The Morgan fingerprint density at radius 2 is 1.76 bits per heavy atom. The van der Waals surface area contributed by atoms with E-state index in [1.807, 2.05) is 39.8 Å². The Labute approximate surface area is 103 Å². The molecule has 0 aliphatic carbocycles. The van der Waals surface area contributed by atoms with Crippen molar-refractivity contribution >= 4 is 5.91 Å². The average Bonchev–Trinajstić information content (AvgIpc) is 2.29. The summed E-state index contributed by atoms with van der Waals surface area (Å²) < 4.78 is 0. The predicted molar refractivity (Wildman–Crippen MR) is 68.5 cm³/mol. The zero-order valence-electron chi connectivity index (χ0n) is 10.9. The minimum atomic E-state index is -0.208. The number of hydrogen-bond donors (Lipinski definition) is 2. The lowest BCUT2D eigenvalue weighted by molar-refractivity contribution is -0.123. The van der Waals surface area contributed by atoms with Crippen molar-refractivity contribution in [3.8, 4) is 0 Å². The number of rotatable bonds is 5. The molecule has 0 aliphatic rings. The molecule has 0 aromatic carbocycles. The SMILES string of the molecule is CC(C)NC(=O)C(C)NC(C)c1ccncc1. The first-order valence-electron chi connectivity index (χ1n) is 5.97. The third kappa shape index (κ3) is 4.53. The van der Waals surface area contributed by atoms with Gasteiger partial charge in [-0.05, 0) is 45.4 Å². The lowest BCUT2D eigenvalue weighted by Crippen LogP contribution is -2.45. The van der Waals surface area contributed by atoms with Crippen molar-refractivity contribution in [3.63, 3.8) is 0 Å². The summed E-state index contributed by atoms with van der Waals surface area (Å²) in [5, 5.41) is 6.15. The van der Waals surface area contributed by atoms with Crippen molar-refractivity contribution in [2.24, 2.45) is 0 Å². The molecular formula is C13H21N3O. The third-order valence-electron chi connectivity index (χ3n) is 2.53. The maximum absolute atomic E-state index is 11.7. The van der Waals surface area contributed by atoms with Crippen molar-refractivity contribution in [1.29, 1.82) is 0 Å². The Bertz CT molecular complexity index is 351. The fourth-order valence-corrected chi connectivity index (χ4v) is 1.61. The summed E-state index contributed by atoms with van der Waals surface area (Å²) in [4.78, 5) is 15.7. The number of carbonyl (C=O) groups excluding carboxylic acids is 1. The van der Waals surface area contributed by atoms with E-state index in [0.29, 0.717) is 0 Å². The number of amides is 1. The van der Waals surface area contributed by atoms with Gasteiger partial charge in [0.1, 0.15) is 0 Å². The molecule has 17 heavy (non-hydrogen) atoms. The van der Waals surface area contributed by atoms with Crippen molar-refractivity contribution in [3.05, 3.63) is 30.1 Å². The standard InChI is InChI=1S/C13H21N3O/c1-9(2)15-13(17)11(4)16-10(3)12-5-7-14-8-6-12/h5-11,16H,1-4H3,(H,15,17). The maximum Gasteiger partial charge on any atom is 0.237 e. The number of carbonyl (C=O) groups is 1. The molecule has 94 valence electrons. The molecule has 4 nitrogen and oxygen atoms in total. The highest BCUT2D eigenvalue weighted by molar-refractivity contribution is 5.81. The molecule has 1 heterocycles. The number of pyridine rings is 1. The van der Waals surface area contributed by atoms with Crippen LogP contribution in [0.2, 0.25) is 0 Å². The number of nitrogens with zero attached hydrogens (tertiary/aromatic N) is 1. The lowest BCUT2D eigenvalue weighted by atomic mass is 10.1. The van der Waals surface area contributed by atoms with Gasteiger partial charge in [0.2, 0.25) is 5.91 Å². The zero-order valence-corrected chi connectivity index (χ0v) is 10.9. The Hall–Kier alpha value is -1.42. The smallest absolute Gasteiger partial charge is 0.237 e. The average molecular weight is 235 g/mol. The van der Waals surface area contributed by atoms with Crippen molar-refractivity contribution in [2.75, 3.05) is 0 Å². The van der Waals surface area contributed by atoms with E-state index in [-0.39, 0.29) is 24.0 Å². The highest BCUT2D eigenvalue weighted by atomic mass is 16.2. The van der Waals surface area contributed by atoms with Gasteiger partial charge in [-0.15, -0.1) is 0 Å². The normalized spacial score (nSPS) is 14.4. The van der Waals surface area contributed by atoms with Gasteiger partial charge in [0.15, 0.2) is 0 Å². The first-order valence-corrected chi connectivity index (χ1v) is 5.97. The van der Waals surface area contributed by atoms with Crippen LogP contribution >= 0.6 is 0 Å². The van der Waals surface area contributed by atoms with Crippen LogP contribution in [0.4, 0.5) is 0 Å². The Balaban J connectivity index is 2.51. The quantitative estimate of drug-likeness (QED) is 0.816. The van der Waals surface area contributed by atoms with Gasteiger partial charge in [-0.25, -0.2) is 0 Å². The van der Waals surface area contributed by atoms with E-state index < -0.39 is 0 Å². The molecule has 0 spiro atoms. The fraction of sp³-hybridized carbons (Fsp3) is 0.538. The molecule has 2 atom stereocenters. The molecule has 0 bridgehead atoms. The van der Waals surface area contributed by atoms with E-state index in [9.17, 15) is 4.79 Å². The Kier molecular flexibility index (Phi) is 5.10. The summed E-state index contributed by atoms with van der Waals surface area (Å²) >= 11 is 0. The van der Waals surface area contributed by atoms with Crippen LogP contribution in [0.1, 0.15) is 39.3 Å². The van der Waals surface area contributed by atoms with Gasteiger partial charge in [0, 0.05) is 24.5 Å². The van der Waals surface area contributed by atoms with Gasteiger partial charge in [0.05, 0.1) is 6.04 Å². The van der Waals surface area contributed by atoms with Crippen molar-refractivity contribution in [1.82, 2.24) is 15.6 Å². The number of hydrogen-bond acceptors (Lipinski definition) is 3. The molecule has 0 saturated carbocycles. The number of nitrogens with one attached hydrogen (secondary N) is 2. The van der Waals surface area contributed by atoms with Crippen LogP contribution in [-0.4, -0.2) is 23.0 Å². The van der Waals surface area contributed by atoms with Gasteiger partial charge in [-0.3, -0.25) is 15.1 Å². The van der Waals surface area contributed by atoms with Crippen LogP contribution in [0.3, 0.4) is 0 Å². The summed E-state index contributed by atoms with van der Waals surface area (Å²) in [6.07, 6.45) is 3.51. The largest absolute Gasteiger partial charge is 0.353 e. The molecule has 1 aromatic rings. The van der Waals surface area contributed by atoms with E-state index in [2.05, 4.69) is 15.6 Å². The van der Waals surface area contributed by atoms with Crippen molar-refractivity contribution in [2.45, 2.75) is 45.8 Å². The second-order valence-electron chi connectivity index (χ2n) is 4.55. The molecule has 1 rings (SSSR count). The van der Waals surface area contributed by atoms with E-state index in [1.54, 1.807) is 12.4 Å². The molecule has 2 unspecified atom stereocenters.